The summed E-state index contributed by atoms with van der Waals surface area (Å²) >= 11 is 3.17. The van der Waals surface area contributed by atoms with Crippen molar-refractivity contribution >= 4 is 40.0 Å². The molecule has 4 aromatic rings. The number of nitriles is 1. The number of aromatic amines is 1. The average molecular weight is 434 g/mol. The zero-order chi connectivity index (χ0) is 20.5. The number of nitrogens with one attached hydrogen (secondary N) is 3. The molecule has 3 heterocycles. The Balaban J connectivity index is 1.27. The maximum absolute atomic E-state index is 9.04. The highest BCUT2D eigenvalue weighted by atomic mass is 32.2. The average Bonchev–Trinajstić information content (AvgIpc) is 3.38. The topological polar surface area (TPSA) is 102 Å². The summed E-state index contributed by atoms with van der Waals surface area (Å²) in [6.07, 6.45) is 5.82. The van der Waals surface area contributed by atoms with Crippen LogP contribution < -0.4 is 10.0 Å². The Morgan fingerprint density at radius 1 is 1.23 bits per heavy atom. The lowest BCUT2D eigenvalue weighted by molar-refractivity contribution is 0.355. The van der Waals surface area contributed by atoms with Crippen LogP contribution in [-0.2, 0) is 0 Å². The fourth-order valence-electron chi connectivity index (χ4n) is 3.55. The zero-order valence-corrected chi connectivity index (χ0v) is 17.8. The summed E-state index contributed by atoms with van der Waals surface area (Å²) in [4.78, 5) is 8.78. The van der Waals surface area contributed by atoms with Gasteiger partial charge >= 0.3 is 0 Å². The minimum Gasteiger partial charge on any atom is -0.381 e. The molecular weight excluding hydrogens is 414 g/mol. The highest BCUT2D eigenvalue weighted by Gasteiger charge is 2.30. The Morgan fingerprint density at radius 3 is 2.93 bits per heavy atom. The van der Waals surface area contributed by atoms with Crippen LogP contribution in [0.2, 0.25) is 0 Å². The van der Waals surface area contributed by atoms with E-state index in [-0.39, 0.29) is 0 Å². The highest BCUT2D eigenvalue weighted by Crippen LogP contribution is 2.37. The van der Waals surface area contributed by atoms with Crippen molar-refractivity contribution in [2.24, 2.45) is 0 Å². The molecule has 30 heavy (non-hydrogen) atoms. The van der Waals surface area contributed by atoms with E-state index >= 15 is 0 Å². The maximum atomic E-state index is 9.04. The van der Waals surface area contributed by atoms with Gasteiger partial charge in [-0.2, -0.15) is 5.26 Å². The van der Waals surface area contributed by atoms with Gasteiger partial charge in [-0.15, -0.1) is 10.2 Å². The SMILES string of the molecule is Cc1nnc(-c2cnc3[nH]ccc3c2N[C@H]2C[C@@H](NSc3cccc(C#N)c3)C2)s1. The molecule has 0 unspecified atom stereocenters. The van der Waals surface area contributed by atoms with Gasteiger partial charge in [0.1, 0.15) is 10.7 Å². The molecule has 7 nitrogen and oxygen atoms in total. The second-order valence-electron chi connectivity index (χ2n) is 7.28. The van der Waals surface area contributed by atoms with Crippen LogP contribution in [0.1, 0.15) is 23.4 Å². The zero-order valence-electron chi connectivity index (χ0n) is 16.2. The number of nitrogens with zero attached hydrogens (tertiary/aromatic N) is 4. The van der Waals surface area contributed by atoms with E-state index in [2.05, 4.69) is 42.3 Å². The van der Waals surface area contributed by atoms with E-state index < -0.39 is 0 Å². The largest absolute Gasteiger partial charge is 0.381 e. The van der Waals surface area contributed by atoms with Crippen molar-refractivity contribution in [3.63, 3.8) is 0 Å². The van der Waals surface area contributed by atoms with Crippen LogP contribution >= 0.6 is 23.3 Å². The molecule has 1 aromatic carbocycles. The minimum atomic E-state index is 0.377. The molecular formula is C21H19N7S2. The van der Waals surface area contributed by atoms with Crippen molar-refractivity contribution in [3.8, 4) is 16.6 Å². The van der Waals surface area contributed by atoms with Crippen molar-refractivity contribution in [1.29, 1.82) is 5.26 Å². The van der Waals surface area contributed by atoms with Gasteiger partial charge in [0, 0.05) is 34.8 Å². The number of hydrogen-bond donors (Lipinski definition) is 3. The summed E-state index contributed by atoms with van der Waals surface area (Å²) in [6, 6.07) is 12.7. The summed E-state index contributed by atoms with van der Waals surface area (Å²) < 4.78 is 3.51. The quantitative estimate of drug-likeness (QED) is 0.385. The van der Waals surface area contributed by atoms with Crippen molar-refractivity contribution in [3.05, 3.63) is 53.3 Å². The van der Waals surface area contributed by atoms with E-state index in [4.69, 9.17) is 5.26 Å². The van der Waals surface area contributed by atoms with Crippen LogP contribution in [0.25, 0.3) is 21.6 Å². The van der Waals surface area contributed by atoms with E-state index in [1.54, 1.807) is 23.3 Å². The number of hydrogen-bond acceptors (Lipinski definition) is 8. The lowest BCUT2D eigenvalue weighted by Gasteiger charge is -2.37. The normalized spacial score (nSPS) is 18.1. The van der Waals surface area contributed by atoms with Crippen LogP contribution in [0.4, 0.5) is 5.69 Å². The Labute approximate surface area is 182 Å². The van der Waals surface area contributed by atoms with Gasteiger partial charge in [0.25, 0.3) is 0 Å². The van der Waals surface area contributed by atoms with E-state index in [1.165, 1.54) is 0 Å². The molecule has 1 aliphatic carbocycles. The van der Waals surface area contributed by atoms with Gasteiger partial charge in [-0.1, -0.05) is 17.4 Å². The Kier molecular flexibility index (Phi) is 5.12. The number of aryl methyl sites for hydroxylation is 1. The second-order valence-corrected chi connectivity index (χ2v) is 9.38. The first-order chi connectivity index (χ1) is 14.7. The van der Waals surface area contributed by atoms with Crippen molar-refractivity contribution < 1.29 is 0 Å². The van der Waals surface area contributed by atoms with Crippen LogP contribution in [0, 0.1) is 18.3 Å². The number of aromatic nitrogens is 4. The number of pyridine rings is 1. The molecule has 0 spiro atoms. The fraction of sp³-hybridized carbons (Fsp3) is 0.238. The molecule has 0 radical (unpaired) electrons. The Hall–Kier alpha value is -2.93. The van der Waals surface area contributed by atoms with Gasteiger partial charge in [-0.3, -0.25) is 4.72 Å². The minimum absolute atomic E-state index is 0.377. The number of rotatable bonds is 6. The number of H-pyrrole nitrogens is 1. The first-order valence-electron chi connectivity index (χ1n) is 9.65. The predicted molar refractivity (Wildman–Crippen MR) is 120 cm³/mol. The second kappa shape index (κ2) is 8.07. The van der Waals surface area contributed by atoms with E-state index in [1.807, 2.05) is 43.6 Å². The smallest absolute Gasteiger partial charge is 0.151 e. The van der Waals surface area contributed by atoms with Gasteiger partial charge in [-0.05, 0) is 56.0 Å². The van der Waals surface area contributed by atoms with Crippen LogP contribution in [-0.4, -0.2) is 32.2 Å². The molecule has 3 N–H and O–H groups in total. The molecule has 150 valence electrons. The summed E-state index contributed by atoms with van der Waals surface area (Å²) in [5, 5.41) is 24.1. The van der Waals surface area contributed by atoms with Crippen molar-refractivity contribution in [1.82, 2.24) is 24.9 Å². The Bertz CT molecular complexity index is 1230. The predicted octanol–water partition coefficient (Wildman–Crippen LogP) is 4.50. The molecule has 1 saturated carbocycles. The molecule has 0 amide bonds. The van der Waals surface area contributed by atoms with Crippen molar-refractivity contribution in [2.45, 2.75) is 36.7 Å². The molecule has 5 rings (SSSR count). The third kappa shape index (κ3) is 3.77. The lowest BCUT2D eigenvalue weighted by atomic mass is 9.87. The van der Waals surface area contributed by atoms with Gasteiger partial charge < -0.3 is 10.3 Å². The summed E-state index contributed by atoms with van der Waals surface area (Å²) in [6.45, 7) is 1.96. The van der Waals surface area contributed by atoms with Gasteiger partial charge in [0.15, 0.2) is 5.01 Å². The standard InChI is InChI=1S/C21H19N7S2/c1-12-26-27-21(29-12)18-11-24-20-17(5-6-23-20)19(18)25-14-8-15(9-14)28-30-16-4-2-3-13(7-16)10-22/h2-7,11,14-15,28H,8-9H2,1H3,(H2,23,24,25)/t14-,15+. The molecule has 9 heteroatoms. The molecule has 3 aromatic heterocycles. The first-order valence-corrected chi connectivity index (χ1v) is 11.3. The summed E-state index contributed by atoms with van der Waals surface area (Å²) in [5.41, 5.74) is 3.61. The molecule has 0 saturated heterocycles. The van der Waals surface area contributed by atoms with Crippen LogP contribution in [0.5, 0.6) is 0 Å². The molecule has 1 fully saturated rings. The molecule has 0 bridgehead atoms. The third-order valence-corrected chi connectivity index (χ3v) is 6.95. The first kappa shape index (κ1) is 19.1. The van der Waals surface area contributed by atoms with E-state index in [0.717, 1.165) is 50.0 Å². The Morgan fingerprint density at radius 2 is 2.13 bits per heavy atom. The van der Waals surface area contributed by atoms with Gasteiger partial charge in [-0.25, -0.2) is 4.98 Å². The maximum Gasteiger partial charge on any atom is 0.151 e. The van der Waals surface area contributed by atoms with Gasteiger partial charge in [0.2, 0.25) is 0 Å². The lowest BCUT2D eigenvalue weighted by Crippen LogP contribution is -2.45. The molecule has 1 aliphatic rings. The molecule has 0 aliphatic heterocycles. The number of fused-ring (bicyclic) bond motifs is 1. The van der Waals surface area contributed by atoms with E-state index in [0.29, 0.717) is 17.6 Å². The van der Waals surface area contributed by atoms with Crippen molar-refractivity contribution in [2.75, 3.05) is 5.32 Å². The van der Waals surface area contributed by atoms with Crippen LogP contribution in [0.3, 0.4) is 0 Å². The summed E-state index contributed by atoms with van der Waals surface area (Å²) in [5.74, 6) is 0. The third-order valence-electron chi connectivity index (χ3n) is 5.14. The highest BCUT2D eigenvalue weighted by molar-refractivity contribution is 7.97. The van der Waals surface area contributed by atoms with Crippen LogP contribution in [0.15, 0.2) is 47.6 Å². The summed E-state index contributed by atoms with van der Waals surface area (Å²) in [7, 11) is 0. The van der Waals surface area contributed by atoms with Gasteiger partial charge in [0.05, 0.1) is 22.9 Å². The monoisotopic (exact) mass is 433 g/mol. The van der Waals surface area contributed by atoms with E-state index in [9.17, 15) is 0 Å². The molecule has 0 atom stereocenters. The number of benzene rings is 1. The number of anilines is 1. The fourth-order valence-corrected chi connectivity index (χ4v) is 5.08.